The van der Waals surface area contributed by atoms with E-state index in [1.807, 2.05) is 0 Å². The molecule has 0 radical (unpaired) electrons. The monoisotopic (exact) mass is 497 g/mol. The molecule has 1 nitrogen and oxygen atoms in total. The maximum absolute atomic E-state index is 2.94. The van der Waals surface area contributed by atoms with Gasteiger partial charge in [0.05, 0.1) is 0 Å². The summed E-state index contributed by atoms with van der Waals surface area (Å²) in [4.78, 5) is 15.2. The molecule has 112 valence electrons. The van der Waals surface area contributed by atoms with E-state index in [0.29, 0.717) is 0 Å². The Morgan fingerprint density at radius 3 is 1.62 bits per heavy atom. The second kappa shape index (κ2) is 6.53. The zero-order valence-electron chi connectivity index (χ0n) is 14.1. The summed E-state index contributed by atoms with van der Waals surface area (Å²) >= 11 is -4.39. The number of para-hydroxylation sites is 1. The van der Waals surface area contributed by atoms with Crippen LogP contribution in [0.2, 0.25) is 29.6 Å². The number of anilines is 1. The molecular formula is C18H27NSn2. The standard InChI is InChI=1S/C12H9N.6CH3.2Sn/c13-12-9-5-4-8-11(12)10-6-2-1-3-7-10;;;;;;;;/h1-9H;6*1H3;;. The van der Waals surface area contributed by atoms with Crippen molar-refractivity contribution in [2.45, 2.75) is 29.6 Å². The van der Waals surface area contributed by atoms with Crippen LogP contribution in [0, 0.1) is 0 Å². The van der Waals surface area contributed by atoms with Crippen LogP contribution < -0.4 is 1.34 Å². The molecule has 0 atom stereocenters. The molecule has 0 spiro atoms. The molecule has 0 fully saturated rings. The Morgan fingerprint density at radius 2 is 1.10 bits per heavy atom. The number of hydrogen-bond donors (Lipinski definition) is 0. The van der Waals surface area contributed by atoms with Crippen molar-refractivity contribution < 1.29 is 0 Å². The molecule has 2 aromatic carbocycles. The predicted molar refractivity (Wildman–Crippen MR) is 101 cm³/mol. The summed E-state index contributed by atoms with van der Waals surface area (Å²) in [6.45, 7) is 0. The van der Waals surface area contributed by atoms with Crippen molar-refractivity contribution in [3.8, 4) is 11.1 Å². The van der Waals surface area contributed by atoms with Crippen LogP contribution >= 0.6 is 0 Å². The molecule has 2 rings (SSSR count). The molecule has 21 heavy (non-hydrogen) atoms. The molecule has 3 heteroatoms. The fourth-order valence-corrected chi connectivity index (χ4v) is 52.8. The predicted octanol–water partition coefficient (Wildman–Crippen LogP) is 5.83. The van der Waals surface area contributed by atoms with Crippen molar-refractivity contribution in [2.24, 2.45) is 0 Å². The number of rotatable bonds is 4. The van der Waals surface area contributed by atoms with E-state index in [1.54, 1.807) is 0 Å². The van der Waals surface area contributed by atoms with Crippen LogP contribution in [0.4, 0.5) is 5.69 Å². The number of benzene rings is 2. The minimum atomic E-state index is -2.20. The van der Waals surface area contributed by atoms with Crippen molar-refractivity contribution >= 4 is 43.0 Å². The summed E-state index contributed by atoms with van der Waals surface area (Å²) < 4.78 is 2.94. The van der Waals surface area contributed by atoms with E-state index in [-0.39, 0.29) is 0 Å². The Kier molecular flexibility index (Phi) is 5.35. The van der Waals surface area contributed by atoms with Gasteiger partial charge in [0.2, 0.25) is 0 Å². The fourth-order valence-electron chi connectivity index (χ4n) is 3.26. The molecule has 0 aromatic heterocycles. The van der Waals surface area contributed by atoms with Gasteiger partial charge in [0.15, 0.2) is 0 Å². The van der Waals surface area contributed by atoms with E-state index in [4.69, 9.17) is 0 Å². The summed E-state index contributed by atoms with van der Waals surface area (Å²) in [5.74, 6) is 0. The SMILES string of the molecule is [CH3][Sn]([CH3])([CH3])[N](c1ccccc1-c1ccccc1)[Sn]([CH3])([CH3])[CH3]. The van der Waals surface area contributed by atoms with E-state index in [0.717, 1.165) is 0 Å². The Labute approximate surface area is 138 Å². The van der Waals surface area contributed by atoms with E-state index >= 15 is 0 Å². The van der Waals surface area contributed by atoms with Gasteiger partial charge in [-0.05, 0) is 0 Å². The third kappa shape index (κ3) is 4.18. The molecule has 0 saturated carbocycles. The Morgan fingerprint density at radius 1 is 0.619 bits per heavy atom. The van der Waals surface area contributed by atoms with Gasteiger partial charge in [-0.15, -0.1) is 0 Å². The third-order valence-electron chi connectivity index (χ3n) is 3.57. The van der Waals surface area contributed by atoms with Crippen molar-refractivity contribution in [3.05, 3.63) is 54.6 Å². The van der Waals surface area contributed by atoms with Gasteiger partial charge in [-0.25, -0.2) is 0 Å². The molecule has 0 unspecified atom stereocenters. The van der Waals surface area contributed by atoms with Gasteiger partial charge in [-0.1, -0.05) is 0 Å². The van der Waals surface area contributed by atoms with Crippen molar-refractivity contribution in [1.29, 1.82) is 0 Å². The van der Waals surface area contributed by atoms with Gasteiger partial charge >= 0.3 is 140 Å². The van der Waals surface area contributed by atoms with Crippen LogP contribution in [-0.4, -0.2) is 37.3 Å². The van der Waals surface area contributed by atoms with Crippen LogP contribution in [0.5, 0.6) is 0 Å². The normalized spacial score (nSPS) is 12.3. The molecule has 0 aliphatic rings. The summed E-state index contributed by atoms with van der Waals surface area (Å²) in [7, 11) is 0. The summed E-state index contributed by atoms with van der Waals surface area (Å²) in [5, 5.41) is 0. The Bertz CT molecular complexity index is 581. The van der Waals surface area contributed by atoms with Gasteiger partial charge in [-0.3, -0.25) is 0 Å². The summed E-state index contributed by atoms with van der Waals surface area (Å²) in [6.07, 6.45) is 0. The molecule has 0 heterocycles. The van der Waals surface area contributed by atoms with Crippen molar-refractivity contribution in [1.82, 2.24) is 0 Å². The molecule has 2 aromatic rings. The van der Waals surface area contributed by atoms with Crippen LogP contribution in [-0.2, 0) is 0 Å². The van der Waals surface area contributed by atoms with Crippen LogP contribution in [0.25, 0.3) is 11.1 Å². The molecule has 0 saturated heterocycles. The third-order valence-corrected chi connectivity index (χ3v) is 38.3. The second-order valence-electron chi connectivity index (χ2n) is 7.56. The molecule has 0 amide bonds. The van der Waals surface area contributed by atoms with E-state index in [1.165, 1.54) is 16.8 Å². The van der Waals surface area contributed by atoms with Gasteiger partial charge in [0, 0.05) is 0 Å². The first-order chi connectivity index (χ1) is 9.71. The first-order valence-corrected chi connectivity index (χ1v) is 27.3. The topological polar surface area (TPSA) is 3.24 Å². The molecule has 0 aliphatic carbocycles. The molecular weight excluding hydrogens is 468 g/mol. The minimum absolute atomic E-state index is 1.34. The van der Waals surface area contributed by atoms with Gasteiger partial charge in [-0.2, -0.15) is 0 Å². The van der Waals surface area contributed by atoms with E-state index in [9.17, 15) is 0 Å². The summed E-state index contributed by atoms with van der Waals surface area (Å²) in [5.41, 5.74) is 4.22. The Balaban J connectivity index is 2.63. The van der Waals surface area contributed by atoms with Crippen molar-refractivity contribution in [3.63, 3.8) is 0 Å². The van der Waals surface area contributed by atoms with Gasteiger partial charge in [0.25, 0.3) is 0 Å². The number of nitrogens with zero attached hydrogens (tertiary/aromatic N) is 1. The van der Waals surface area contributed by atoms with Crippen LogP contribution in [0.15, 0.2) is 54.6 Å². The first kappa shape index (κ1) is 17.2. The molecule has 0 aliphatic heterocycles. The van der Waals surface area contributed by atoms with Crippen molar-refractivity contribution in [2.75, 3.05) is 1.34 Å². The second-order valence-corrected chi connectivity index (χ2v) is 38.5. The van der Waals surface area contributed by atoms with E-state index in [2.05, 4.69) is 85.6 Å². The van der Waals surface area contributed by atoms with Crippen LogP contribution in [0.3, 0.4) is 0 Å². The van der Waals surface area contributed by atoms with Crippen LogP contribution in [0.1, 0.15) is 0 Å². The average molecular weight is 495 g/mol. The molecule has 0 N–H and O–H groups in total. The Hall–Kier alpha value is -0.163. The fraction of sp³-hybridized carbons (Fsp3) is 0.333. The van der Waals surface area contributed by atoms with Gasteiger partial charge in [0.1, 0.15) is 0 Å². The average Bonchev–Trinajstić information content (AvgIpc) is 2.37. The first-order valence-electron chi connectivity index (χ1n) is 7.66. The summed E-state index contributed by atoms with van der Waals surface area (Å²) in [6, 6.07) is 19.8. The van der Waals surface area contributed by atoms with Gasteiger partial charge < -0.3 is 0 Å². The zero-order valence-corrected chi connectivity index (χ0v) is 19.9. The molecule has 0 bridgehead atoms. The zero-order chi connectivity index (χ0) is 15.7. The number of hydrogen-bond acceptors (Lipinski definition) is 1. The maximum atomic E-state index is 2.94. The quantitative estimate of drug-likeness (QED) is 0.483. The van der Waals surface area contributed by atoms with E-state index < -0.39 is 37.3 Å².